The van der Waals surface area contributed by atoms with E-state index in [1.54, 1.807) is 11.3 Å². The molecule has 0 radical (unpaired) electrons. The van der Waals surface area contributed by atoms with E-state index in [9.17, 15) is 4.79 Å². The van der Waals surface area contributed by atoms with Gasteiger partial charge in [-0.05, 0) is 35.9 Å². The molecule has 0 saturated heterocycles. The summed E-state index contributed by atoms with van der Waals surface area (Å²) in [6.07, 6.45) is 2.85. The van der Waals surface area contributed by atoms with Crippen LogP contribution in [0.1, 0.15) is 22.4 Å². The molecule has 1 aromatic carbocycles. The van der Waals surface area contributed by atoms with Crippen molar-refractivity contribution in [3.63, 3.8) is 0 Å². The van der Waals surface area contributed by atoms with Gasteiger partial charge in [0.1, 0.15) is 0 Å². The third-order valence-corrected chi connectivity index (χ3v) is 6.19. The molecule has 0 spiro atoms. The van der Waals surface area contributed by atoms with Crippen LogP contribution < -0.4 is 5.56 Å². The zero-order chi connectivity index (χ0) is 18.4. The van der Waals surface area contributed by atoms with E-state index in [1.165, 1.54) is 22.0 Å². The maximum absolute atomic E-state index is 12.5. The fourth-order valence-electron chi connectivity index (χ4n) is 3.89. The molecule has 136 valence electrons. The molecular formula is C21H20N4OS. The van der Waals surface area contributed by atoms with Gasteiger partial charge in [0.15, 0.2) is 5.82 Å². The molecule has 0 unspecified atom stereocenters. The third-order valence-electron chi connectivity index (χ3n) is 5.31. The van der Waals surface area contributed by atoms with Crippen LogP contribution in [-0.2, 0) is 19.5 Å². The van der Waals surface area contributed by atoms with Gasteiger partial charge in [-0.15, -0.1) is 11.3 Å². The van der Waals surface area contributed by atoms with E-state index in [0.717, 1.165) is 35.6 Å². The molecule has 6 heteroatoms. The van der Waals surface area contributed by atoms with Gasteiger partial charge < -0.3 is 9.97 Å². The summed E-state index contributed by atoms with van der Waals surface area (Å²) >= 11 is 1.59. The monoisotopic (exact) mass is 376 g/mol. The van der Waals surface area contributed by atoms with Gasteiger partial charge in [-0.1, -0.05) is 24.3 Å². The minimum atomic E-state index is 0.00534. The van der Waals surface area contributed by atoms with E-state index in [-0.39, 0.29) is 5.56 Å². The molecule has 5 nitrogen and oxygen atoms in total. The van der Waals surface area contributed by atoms with E-state index in [2.05, 4.69) is 46.2 Å². The van der Waals surface area contributed by atoms with Crippen molar-refractivity contribution in [1.29, 1.82) is 0 Å². The Bertz CT molecular complexity index is 1170. The number of aromatic amines is 2. The first kappa shape index (κ1) is 16.5. The van der Waals surface area contributed by atoms with Gasteiger partial charge in [-0.3, -0.25) is 9.69 Å². The number of benzene rings is 1. The number of thiophene rings is 1. The Morgan fingerprint density at radius 2 is 2.19 bits per heavy atom. The van der Waals surface area contributed by atoms with E-state index < -0.39 is 0 Å². The number of aromatic nitrogens is 3. The fraction of sp³-hybridized carbons (Fsp3) is 0.238. The minimum absolute atomic E-state index is 0.00534. The molecule has 0 aliphatic carbocycles. The maximum atomic E-state index is 12.5. The van der Waals surface area contributed by atoms with Crippen molar-refractivity contribution in [2.75, 3.05) is 6.54 Å². The number of nitrogens with zero attached hydrogens (tertiary/aromatic N) is 2. The predicted octanol–water partition coefficient (Wildman–Crippen LogP) is 3.85. The lowest BCUT2D eigenvalue weighted by Crippen LogP contribution is -2.35. The van der Waals surface area contributed by atoms with Crippen molar-refractivity contribution >= 4 is 22.2 Å². The van der Waals surface area contributed by atoms with Crippen LogP contribution in [-0.4, -0.2) is 26.4 Å². The normalized spacial score (nSPS) is 14.6. The van der Waals surface area contributed by atoms with Gasteiger partial charge in [0.05, 0.1) is 10.6 Å². The summed E-state index contributed by atoms with van der Waals surface area (Å²) in [6, 6.07) is 10.4. The zero-order valence-electron chi connectivity index (χ0n) is 15.1. The molecule has 0 atom stereocenters. The van der Waals surface area contributed by atoms with Gasteiger partial charge in [0, 0.05) is 42.3 Å². The number of nitrogens with one attached hydrogen (secondary N) is 2. The molecule has 0 saturated carbocycles. The van der Waals surface area contributed by atoms with Crippen LogP contribution in [0.5, 0.6) is 0 Å². The van der Waals surface area contributed by atoms with Crippen LogP contribution in [0.4, 0.5) is 0 Å². The summed E-state index contributed by atoms with van der Waals surface area (Å²) in [6.45, 7) is 4.55. The molecule has 3 aromatic heterocycles. The lowest BCUT2D eigenvalue weighted by atomic mass is 10.0. The molecule has 2 N–H and O–H groups in total. The van der Waals surface area contributed by atoms with Crippen molar-refractivity contribution in [2.45, 2.75) is 26.4 Å². The summed E-state index contributed by atoms with van der Waals surface area (Å²) in [5.74, 6) is 0.679. The molecule has 1 aliphatic heterocycles. The summed E-state index contributed by atoms with van der Waals surface area (Å²) in [5.41, 5.74) is 5.51. The number of H-pyrrole nitrogens is 2. The summed E-state index contributed by atoms with van der Waals surface area (Å²) in [4.78, 5) is 27.0. The van der Waals surface area contributed by atoms with Crippen LogP contribution in [0, 0.1) is 6.92 Å². The smallest absolute Gasteiger partial charge is 0.254 e. The van der Waals surface area contributed by atoms with E-state index in [4.69, 9.17) is 4.98 Å². The molecular weight excluding hydrogens is 356 g/mol. The number of para-hydroxylation sites is 1. The Morgan fingerprint density at radius 3 is 3.04 bits per heavy atom. The second-order valence-electron chi connectivity index (χ2n) is 7.09. The van der Waals surface area contributed by atoms with Gasteiger partial charge >= 0.3 is 0 Å². The highest BCUT2D eigenvalue weighted by molar-refractivity contribution is 7.13. The van der Waals surface area contributed by atoms with Crippen LogP contribution in [0.25, 0.3) is 21.6 Å². The Morgan fingerprint density at radius 1 is 1.26 bits per heavy atom. The number of fused-ring (bicyclic) bond motifs is 2. The Labute approximate surface area is 160 Å². The number of rotatable bonds is 3. The Kier molecular flexibility index (Phi) is 3.95. The third kappa shape index (κ3) is 2.91. The number of hydrogen-bond donors (Lipinski definition) is 2. The summed E-state index contributed by atoms with van der Waals surface area (Å²) in [5, 5.41) is 3.28. The van der Waals surface area contributed by atoms with Crippen LogP contribution in [0.3, 0.4) is 0 Å². The van der Waals surface area contributed by atoms with Crippen molar-refractivity contribution in [3.05, 3.63) is 74.6 Å². The Balaban J connectivity index is 1.45. The van der Waals surface area contributed by atoms with Crippen molar-refractivity contribution in [2.24, 2.45) is 0 Å². The van der Waals surface area contributed by atoms with E-state index in [0.29, 0.717) is 12.4 Å². The van der Waals surface area contributed by atoms with Gasteiger partial charge in [-0.2, -0.15) is 0 Å². The first-order chi connectivity index (χ1) is 13.2. The standard InChI is InChI=1S/C21H20N4OS/c1-13-4-2-5-15-14(10-22-19(13)15)11-25-8-7-16-17(12-25)23-20(24-21(16)26)18-6-3-9-27-18/h2-6,9-10,22H,7-8,11-12H2,1H3,(H,23,24,26). The second-order valence-corrected chi connectivity index (χ2v) is 8.04. The highest BCUT2D eigenvalue weighted by Crippen LogP contribution is 2.26. The molecule has 4 aromatic rings. The van der Waals surface area contributed by atoms with Gasteiger partial charge in [0.2, 0.25) is 0 Å². The lowest BCUT2D eigenvalue weighted by molar-refractivity contribution is 0.241. The predicted molar refractivity (Wildman–Crippen MR) is 109 cm³/mol. The molecule has 4 heterocycles. The fourth-order valence-corrected chi connectivity index (χ4v) is 4.56. The highest BCUT2D eigenvalue weighted by Gasteiger charge is 2.22. The van der Waals surface area contributed by atoms with Crippen LogP contribution in [0.2, 0.25) is 0 Å². The lowest BCUT2D eigenvalue weighted by Gasteiger charge is -2.27. The van der Waals surface area contributed by atoms with Crippen LogP contribution in [0.15, 0.2) is 46.7 Å². The molecule has 5 rings (SSSR count). The van der Waals surface area contributed by atoms with Crippen molar-refractivity contribution < 1.29 is 0 Å². The topological polar surface area (TPSA) is 64.8 Å². The van der Waals surface area contributed by atoms with Crippen molar-refractivity contribution in [1.82, 2.24) is 19.9 Å². The molecule has 1 aliphatic rings. The Hall–Kier alpha value is -2.70. The van der Waals surface area contributed by atoms with Gasteiger partial charge in [-0.25, -0.2) is 4.98 Å². The largest absolute Gasteiger partial charge is 0.361 e. The SMILES string of the molecule is Cc1cccc2c(CN3CCc4c(nc(-c5cccs5)[nH]c4=O)C3)c[nH]c12. The maximum Gasteiger partial charge on any atom is 0.254 e. The summed E-state index contributed by atoms with van der Waals surface area (Å²) in [7, 11) is 0. The minimum Gasteiger partial charge on any atom is -0.361 e. The first-order valence-corrected chi connectivity index (χ1v) is 10.0. The van der Waals surface area contributed by atoms with Crippen LogP contribution >= 0.6 is 11.3 Å². The van der Waals surface area contributed by atoms with Gasteiger partial charge in [0.25, 0.3) is 5.56 Å². The van der Waals surface area contributed by atoms with Crippen molar-refractivity contribution in [3.8, 4) is 10.7 Å². The molecule has 0 fully saturated rings. The average molecular weight is 376 g/mol. The van der Waals surface area contributed by atoms with E-state index >= 15 is 0 Å². The summed E-state index contributed by atoms with van der Waals surface area (Å²) < 4.78 is 0. The van der Waals surface area contributed by atoms with E-state index in [1.807, 2.05) is 17.5 Å². The second kappa shape index (κ2) is 6.48. The first-order valence-electron chi connectivity index (χ1n) is 9.13. The number of hydrogen-bond acceptors (Lipinski definition) is 4. The molecule has 0 bridgehead atoms. The molecule has 0 amide bonds. The quantitative estimate of drug-likeness (QED) is 0.571. The highest BCUT2D eigenvalue weighted by atomic mass is 32.1. The zero-order valence-corrected chi connectivity index (χ0v) is 15.9. The molecule has 27 heavy (non-hydrogen) atoms. The number of aryl methyl sites for hydroxylation is 1. The average Bonchev–Trinajstić information content (AvgIpc) is 3.33.